The number of hydrogen-bond donors (Lipinski definition) is 2. The van der Waals surface area contributed by atoms with Gasteiger partial charge in [-0.25, -0.2) is 22.0 Å². The minimum absolute atomic E-state index is 0.0480. The predicted molar refractivity (Wildman–Crippen MR) is 87.1 cm³/mol. The van der Waals surface area contributed by atoms with Crippen molar-refractivity contribution in [3.63, 3.8) is 0 Å². The average molecular weight is 399 g/mol. The van der Waals surface area contributed by atoms with E-state index in [4.69, 9.17) is 5.14 Å². The molecule has 0 radical (unpaired) electrons. The smallest absolute Gasteiger partial charge is 0.238 e. The fourth-order valence-corrected chi connectivity index (χ4v) is 5.05. The topological polar surface area (TPSA) is 106 Å². The van der Waals surface area contributed by atoms with E-state index in [2.05, 4.69) is 20.7 Å². The highest BCUT2D eigenvalue weighted by Gasteiger charge is 2.23. The average Bonchev–Trinajstić information content (AvgIpc) is 2.16. The molecule has 120 valence electrons. The van der Waals surface area contributed by atoms with Crippen molar-refractivity contribution >= 4 is 41.7 Å². The normalized spacial score (nSPS) is 13.2. The quantitative estimate of drug-likeness (QED) is 0.809. The van der Waals surface area contributed by atoms with Crippen LogP contribution in [0.25, 0.3) is 0 Å². The van der Waals surface area contributed by atoms with Crippen molar-refractivity contribution < 1.29 is 16.8 Å². The van der Waals surface area contributed by atoms with Crippen LogP contribution in [-0.4, -0.2) is 22.6 Å². The highest BCUT2D eigenvalue weighted by molar-refractivity contribution is 9.10. The zero-order valence-electron chi connectivity index (χ0n) is 12.3. The van der Waals surface area contributed by atoms with Gasteiger partial charge < -0.3 is 0 Å². The standard InChI is InChI=1S/C12H19BrN2O4S2/c1-8-5-10(9(13)6-11(8)21(14,18)19)15-20(16,17)7-12(2,3)4/h5-6,15H,7H2,1-4H3,(H2,14,18,19). The number of nitrogens with two attached hydrogens (primary N) is 1. The Morgan fingerprint density at radius 3 is 2.14 bits per heavy atom. The van der Waals surface area contributed by atoms with Crippen molar-refractivity contribution in [1.82, 2.24) is 0 Å². The Morgan fingerprint density at radius 1 is 1.19 bits per heavy atom. The van der Waals surface area contributed by atoms with Gasteiger partial charge in [0.25, 0.3) is 0 Å². The Balaban J connectivity index is 3.21. The summed E-state index contributed by atoms with van der Waals surface area (Å²) in [6, 6.07) is 2.73. The number of sulfonamides is 2. The van der Waals surface area contributed by atoms with Crippen molar-refractivity contribution in [2.75, 3.05) is 10.5 Å². The minimum atomic E-state index is -3.85. The van der Waals surface area contributed by atoms with Crippen LogP contribution < -0.4 is 9.86 Å². The molecule has 0 unspecified atom stereocenters. The monoisotopic (exact) mass is 398 g/mol. The minimum Gasteiger partial charge on any atom is -0.282 e. The van der Waals surface area contributed by atoms with Crippen molar-refractivity contribution in [2.24, 2.45) is 10.6 Å². The van der Waals surface area contributed by atoms with E-state index >= 15 is 0 Å². The number of primary sulfonamides is 1. The SMILES string of the molecule is Cc1cc(NS(=O)(=O)CC(C)(C)C)c(Br)cc1S(N)(=O)=O. The Bertz CT molecular complexity index is 750. The number of anilines is 1. The Kier molecular flexibility index (Phi) is 5.14. The molecule has 0 saturated carbocycles. The van der Waals surface area contributed by atoms with E-state index in [0.717, 1.165) is 0 Å². The van der Waals surface area contributed by atoms with Gasteiger partial charge in [-0.15, -0.1) is 0 Å². The fraction of sp³-hybridized carbons (Fsp3) is 0.500. The van der Waals surface area contributed by atoms with Gasteiger partial charge in [-0.3, -0.25) is 4.72 Å². The highest BCUT2D eigenvalue weighted by Crippen LogP contribution is 2.30. The number of halogens is 1. The van der Waals surface area contributed by atoms with Gasteiger partial charge in [0.1, 0.15) is 0 Å². The fourth-order valence-electron chi connectivity index (χ4n) is 1.82. The van der Waals surface area contributed by atoms with Crippen LogP contribution in [0, 0.1) is 12.3 Å². The summed E-state index contributed by atoms with van der Waals surface area (Å²) < 4.78 is 49.8. The Hall–Kier alpha value is -0.640. The Morgan fingerprint density at radius 2 is 1.71 bits per heavy atom. The molecule has 0 fully saturated rings. The maximum atomic E-state index is 12.1. The largest absolute Gasteiger partial charge is 0.282 e. The summed E-state index contributed by atoms with van der Waals surface area (Å²) in [4.78, 5) is -0.0480. The van der Waals surface area contributed by atoms with Gasteiger partial charge in [-0.05, 0) is 46.0 Å². The molecule has 0 heterocycles. The summed E-state index contributed by atoms with van der Waals surface area (Å²) in [5.74, 6) is -0.0531. The molecule has 0 amide bonds. The second-order valence-electron chi connectivity index (χ2n) is 6.06. The van der Waals surface area contributed by atoms with Crippen LogP contribution in [0.15, 0.2) is 21.5 Å². The first-order valence-electron chi connectivity index (χ1n) is 6.05. The van der Waals surface area contributed by atoms with Gasteiger partial charge >= 0.3 is 0 Å². The van der Waals surface area contributed by atoms with Crippen molar-refractivity contribution in [1.29, 1.82) is 0 Å². The zero-order valence-corrected chi connectivity index (χ0v) is 15.5. The third-order valence-electron chi connectivity index (χ3n) is 2.46. The number of benzene rings is 1. The highest BCUT2D eigenvalue weighted by atomic mass is 79.9. The summed E-state index contributed by atoms with van der Waals surface area (Å²) in [6.07, 6.45) is 0. The molecule has 9 heteroatoms. The van der Waals surface area contributed by atoms with Crippen LogP contribution in [0.2, 0.25) is 0 Å². The summed E-state index contributed by atoms with van der Waals surface area (Å²) >= 11 is 3.16. The first kappa shape index (κ1) is 18.4. The lowest BCUT2D eigenvalue weighted by molar-refractivity contribution is 0.463. The van der Waals surface area contributed by atoms with Gasteiger partial charge in [0, 0.05) is 4.47 Å². The van der Waals surface area contributed by atoms with E-state index in [1.54, 1.807) is 6.92 Å². The third-order valence-corrected chi connectivity index (χ3v) is 5.95. The molecular weight excluding hydrogens is 380 g/mol. The van der Waals surface area contributed by atoms with Crippen molar-refractivity contribution in [3.8, 4) is 0 Å². The zero-order chi connectivity index (χ0) is 16.6. The van der Waals surface area contributed by atoms with Gasteiger partial charge in [0.2, 0.25) is 20.0 Å². The van der Waals surface area contributed by atoms with Crippen LogP contribution in [0.4, 0.5) is 5.69 Å². The van der Waals surface area contributed by atoms with Crippen LogP contribution in [0.1, 0.15) is 26.3 Å². The van der Waals surface area contributed by atoms with Gasteiger partial charge in [0.15, 0.2) is 0 Å². The lowest BCUT2D eigenvalue weighted by Gasteiger charge is -2.19. The number of nitrogens with one attached hydrogen (secondary N) is 1. The van der Waals surface area contributed by atoms with Crippen LogP contribution >= 0.6 is 15.9 Å². The first-order valence-corrected chi connectivity index (χ1v) is 10.0. The molecule has 6 nitrogen and oxygen atoms in total. The maximum Gasteiger partial charge on any atom is 0.238 e. The molecule has 3 N–H and O–H groups in total. The summed E-state index contributed by atoms with van der Waals surface area (Å²) in [5, 5.41) is 5.10. The van der Waals surface area contributed by atoms with E-state index in [9.17, 15) is 16.8 Å². The molecule has 0 spiro atoms. The molecule has 0 atom stereocenters. The van der Waals surface area contributed by atoms with E-state index in [-0.39, 0.29) is 16.3 Å². The lowest BCUT2D eigenvalue weighted by Crippen LogP contribution is -2.26. The van der Waals surface area contributed by atoms with Crippen LogP contribution in [-0.2, 0) is 20.0 Å². The van der Waals surface area contributed by atoms with Crippen molar-refractivity contribution in [2.45, 2.75) is 32.6 Å². The molecular formula is C12H19BrN2O4S2. The predicted octanol–water partition coefficient (Wildman–Crippen LogP) is 2.19. The van der Waals surface area contributed by atoms with Crippen LogP contribution in [0.3, 0.4) is 0 Å². The number of rotatable bonds is 4. The van der Waals surface area contributed by atoms with Gasteiger partial charge in [-0.2, -0.15) is 0 Å². The van der Waals surface area contributed by atoms with Gasteiger partial charge in [-0.1, -0.05) is 20.8 Å². The van der Waals surface area contributed by atoms with Crippen molar-refractivity contribution in [3.05, 3.63) is 22.2 Å². The number of hydrogen-bond acceptors (Lipinski definition) is 4. The molecule has 1 rings (SSSR count). The molecule has 0 aliphatic carbocycles. The van der Waals surface area contributed by atoms with E-state index in [0.29, 0.717) is 10.0 Å². The molecule has 0 aliphatic heterocycles. The third kappa shape index (κ3) is 5.57. The summed E-state index contributed by atoms with van der Waals surface area (Å²) in [6.45, 7) is 7.00. The molecule has 0 aliphatic rings. The second-order valence-corrected chi connectivity index (χ2v) is 10.2. The molecule has 0 saturated heterocycles. The van der Waals surface area contributed by atoms with Gasteiger partial charge in [0.05, 0.1) is 16.3 Å². The number of aryl methyl sites for hydroxylation is 1. The van der Waals surface area contributed by atoms with E-state index in [1.807, 2.05) is 20.8 Å². The lowest BCUT2D eigenvalue weighted by atomic mass is 10.0. The molecule has 1 aromatic carbocycles. The van der Waals surface area contributed by atoms with E-state index < -0.39 is 25.5 Å². The van der Waals surface area contributed by atoms with Crippen LogP contribution in [0.5, 0.6) is 0 Å². The molecule has 0 bridgehead atoms. The maximum absolute atomic E-state index is 12.1. The summed E-state index contributed by atoms with van der Waals surface area (Å²) in [5.41, 5.74) is 0.256. The Labute approximate surface area is 134 Å². The molecule has 1 aromatic rings. The molecule has 21 heavy (non-hydrogen) atoms. The molecule has 0 aromatic heterocycles. The summed E-state index contributed by atoms with van der Waals surface area (Å²) in [7, 11) is -7.39. The second kappa shape index (κ2) is 5.86. The first-order chi connectivity index (χ1) is 9.21. The van der Waals surface area contributed by atoms with E-state index in [1.165, 1.54) is 12.1 Å².